The number of nitrogens with zero attached hydrogens (tertiary/aromatic N) is 1. The highest BCUT2D eigenvalue weighted by Gasteiger charge is 2.14. The number of aliphatic hydroxyl groups excluding tert-OH is 1. The molecule has 1 N–H and O–H groups in total. The van der Waals surface area contributed by atoms with Gasteiger partial charge in [-0.3, -0.25) is 0 Å². The maximum absolute atomic E-state index is 10.1. The van der Waals surface area contributed by atoms with Crippen molar-refractivity contribution in [3.8, 4) is 5.75 Å². The van der Waals surface area contributed by atoms with Crippen LogP contribution in [-0.2, 0) is 0 Å². The first-order valence-electron chi connectivity index (χ1n) is 4.95. The summed E-state index contributed by atoms with van der Waals surface area (Å²) in [7, 11) is 1.61. The number of benzene rings is 1. The predicted octanol–water partition coefficient (Wildman–Crippen LogP) is 2.54. The second kappa shape index (κ2) is 4.63. The third-order valence-corrected chi connectivity index (χ3v) is 3.30. The minimum Gasteiger partial charge on any atom is -0.497 e. The molecule has 16 heavy (non-hydrogen) atoms. The lowest BCUT2D eigenvalue weighted by Crippen LogP contribution is -1.99. The van der Waals surface area contributed by atoms with Crippen LogP contribution < -0.4 is 4.74 Å². The number of aromatic nitrogens is 1. The molecule has 1 heterocycles. The molecule has 0 aliphatic rings. The van der Waals surface area contributed by atoms with Crippen molar-refractivity contribution in [2.24, 2.45) is 0 Å². The van der Waals surface area contributed by atoms with E-state index in [4.69, 9.17) is 4.74 Å². The number of ether oxygens (including phenoxy) is 1. The van der Waals surface area contributed by atoms with Crippen LogP contribution in [0.1, 0.15) is 22.4 Å². The van der Waals surface area contributed by atoms with Gasteiger partial charge in [-0.1, -0.05) is 12.1 Å². The Morgan fingerprint density at radius 1 is 1.44 bits per heavy atom. The van der Waals surface area contributed by atoms with Gasteiger partial charge in [0.1, 0.15) is 16.9 Å². The maximum Gasteiger partial charge on any atom is 0.131 e. The lowest BCUT2D eigenvalue weighted by atomic mass is 10.1. The molecule has 0 fully saturated rings. The second-order valence-electron chi connectivity index (χ2n) is 3.51. The van der Waals surface area contributed by atoms with Gasteiger partial charge in [-0.05, 0) is 24.6 Å². The van der Waals surface area contributed by atoms with Gasteiger partial charge in [-0.2, -0.15) is 0 Å². The highest BCUT2D eigenvalue weighted by molar-refractivity contribution is 7.09. The number of thiazole rings is 1. The van der Waals surface area contributed by atoms with E-state index >= 15 is 0 Å². The summed E-state index contributed by atoms with van der Waals surface area (Å²) in [6.45, 7) is 1.91. The van der Waals surface area contributed by atoms with Gasteiger partial charge in [0, 0.05) is 11.1 Å². The van der Waals surface area contributed by atoms with Crippen molar-refractivity contribution in [2.45, 2.75) is 13.0 Å². The zero-order valence-corrected chi connectivity index (χ0v) is 9.99. The molecule has 1 aromatic carbocycles. The summed E-state index contributed by atoms with van der Waals surface area (Å²) in [4.78, 5) is 4.27. The lowest BCUT2D eigenvalue weighted by molar-refractivity contribution is 0.219. The first-order valence-corrected chi connectivity index (χ1v) is 5.82. The van der Waals surface area contributed by atoms with Crippen LogP contribution in [0.4, 0.5) is 0 Å². The van der Waals surface area contributed by atoms with E-state index in [0.29, 0.717) is 5.01 Å². The predicted molar refractivity (Wildman–Crippen MR) is 63.9 cm³/mol. The maximum atomic E-state index is 10.1. The quantitative estimate of drug-likeness (QED) is 0.889. The minimum atomic E-state index is -0.672. The third kappa shape index (κ3) is 2.23. The Kier molecular flexibility index (Phi) is 3.22. The summed E-state index contributed by atoms with van der Waals surface area (Å²) >= 11 is 1.46. The third-order valence-electron chi connectivity index (χ3n) is 2.28. The molecule has 0 aliphatic heterocycles. The monoisotopic (exact) mass is 235 g/mol. The Morgan fingerprint density at radius 3 is 2.88 bits per heavy atom. The van der Waals surface area contributed by atoms with E-state index in [2.05, 4.69) is 4.98 Å². The normalized spacial score (nSPS) is 12.4. The number of rotatable bonds is 3. The van der Waals surface area contributed by atoms with E-state index in [1.165, 1.54) is 11.3 Å². The van der Waals surface area contributed by atoms with Crippen LogP contribution in [0.15, 0.2) is 29.6 Å². The summed E-state index contributed by atoms with van der Waals surface area (Å²) in [6, 6.07) is 7.40. The van der Waals surface area contributed by atoms with Crippen LogP contribution >= 0.6 is 11.3 Å². The van der Waals surface area contributed by atoms with Gasteiger partial charge in [0.15, 0.2) is 0 Å². The second-order valence-corrected chi connectivity index (χ2v) is 4.40. The fourth-order valence-corrected chi connectivity index (χ4v) is 2.26. The van der Waals surface area contributed by atoms with Crippen molar-refractivity contribution in [1.82, 2.24) is 4.98 Å². The van der Waals surface area contributed by atoms with Crippen LogP contribution in [0.2, 0.25) is 0 Å². The van der Waals surface area contributed by atoms with Gasteiger partial charge in [-0.25, -0.2) is 4.98 Å². The molecule has 84 valence electrons. The van der Waals surface area contributed by atoms with E-state index in [9.17, 15) is 5.11 Å². The van der Waals surface area contributed by atoms with Gasteiger partial charge in [0.25, 0.3) is 0 Å². The number of hydrogen-bond acceptors (Lipinski definition) is 4. The van der Waals surface area contributed by atoms with Crippen molar-refractivity contribution in [2.75, 3.05) is 7.11 Å². The minimum absolute atomic E-state index is 0.672. The van der Waals surface area contributed by atoms with Crippen LogP contribution in [0.25, 0.3) is 0 Å². The van der Waals surface area contributed by atoms with Crippen molar-refractivity contribution < 1.29 is 9.84 Å². The molecular weight excluding hydrogens is 222 g/mol. The van der Waals surface area contributed by atoms with Crippen molar-refractivity contribution >= 4 is 11.3 Å². The van der Waals surface area contributed by atoms with E-state index < -0.39 is 6.10 Å². The smallest absolute Gasteiger partial charge is 0.131 e. The van der Waals surface area contributed by atoms with Crippen LogP contribution in [0.5, 0.6) is 5.75 Å². The first-order chi connectivity index (χ1) is 7.70. The lowest BCUT2D eigenvalue weighted by Gasteiger charge is -2.09. The molecule has 1 aromatic heterocycles. The van der Waals surface area contributed by atoms with Crippen molar-refractivity contribution in [3.63, 3.8) is 0 Å². The number of methoxy groups -OCH3 is 1. The largest absolute Gasteiger partial charge is 0.497 e. The van der Waals surface area contributed by atoms with Gasteiger partial charge >= 0.3 is 0 Å². The molecule has 0 bridgehead atoms. The van der Waals surface area contributed by atoms with E-state index in [1.807, 2.05) is 36.6 Å². The molecule has 0 saturated carbocycles. The van der Waals surface area contributed by atoms with Gasteiger partial charge in [0.05, 0.1) is 7.11 Å². The fraction of sp³-hybridized carbons (Fsp3) is 0.250. The van der Waals surface area contributed by atoms with Gasteiger partial charge in [-0.15, -0.1) is 11.3 Å². The highest BCUT2D eigenvalue weighted by atomic mass is 32.1. The summed E-state index contributed by atoms with van der Waals surface area (Å²) in [5.74, 6) is 0.741. The van der Waals surface area contributed by atoms with Gasteiger partial charge < -0.3 is 9.84 Å². The molecule has 2 rings (SSSR count). The molecule has 1 unspecified atom stereocenters. The summed E-state index contributed by atoms with van der Waals surface area (Å²) in [5.41, 5.74) is 1.73. The number of hydrogen-bond donors (Lipinski definition) is 1. The molecule has 2 aromatic rings. The molecule has 4 heteroatoms. The highest BCUT2D eigenvalue weighted by Crippen LogP contribution is 2.26. The number of aliphatic hydroxyl groups is 1. The molecule has 0 aliphatic carbocycles. The molecule has 0 radical (unpaired) electrons. The molecule has 1 atom stereocenters. The first kappa shape index (κ1) is 11.1. The summed E-state index contributed by atoms with van der Waals surface area (Å²) in [5, 5.41) is 12.8. The zero-order chi connectivity index (χ0) is 11.5. The Balaban J connectivity index is 2.29. The van der Waals surface area contributed by atoms with Crippen LogP contribution in [-0.4, -0.2) is 17.2 Å². The molecule has 0 amide bonds. The Labute approximate surface area is 98.4 Å². The van der Waals surface area contributed by atoms with Crippen molar-refractivity contribution in [1.29, 1.82) is 0 Å². The zero-order valence-electron chi connectivity index (χ0n) is 9.18. The molecule has 0 saturated heterocycles. The average Bonchev–Trinajstić information content (AvgIpc) is 2.75. The molecule has 0 spiro atoms. The topological polar surface area (TPSA) is 42.4 Å². The fourth-order valence-electron chi connectivity index (χ4n) is 1.45. The van der Waals surface area contributed by atoms with Crippen LogP contribution in [0, 0.1) is 6.92 Å². The molecule has 3 nitrogen and oxygen atoms in total. The van der Waals surface area contributed by atoms with E-state index in [0.717, 1.165) is 17.0 Å². The van der Waals surface area contributed by atoms with Crippen LogP contribution in [0.3, 0.4) is 0 Å². The SMILES string of the molecule is COc1cccc(C(O)c2nc(C)cs2)c1. The average molecular weight is 235 g/mol. The van der Waals surface area contributed by atoms with E-state index in [1.54, 1.807) is 7.11 Å². The van der Waals surface area contributed by atoms with E-state index in [-0.39, 0.29) is 0 Å². The van der Waals surface area contributed by atoms with Crippen molar-refractivity contribution in [3.05, 3.63) is 45.9 Å². The molecular formula is C12H13NO2S. The number of aryl methyl sites for hydroxylation is 1. The summed E-state index contributed by atoms with van der Waals surface area (Å²) < 4.78 is 5.12. The van der Waals surface area contributed by atoms with Gasteiger partial charge in [0.2, 0.25) is 0 Å². The Morgan fingerprint density at radius 2 is 2.25 bits per heavy atom. The standard InChI is InChI=1S/C12H13NO2S/c1-8-7-16-12(13-8)11(14)9-4-3-5-10(6-9)15-2/h3-7,11,14H,1-2H3. The Bertz CT molecular complexity index is 481. The summed E-state index contributed by atoms with van der Waals surface area (Å²) in [6.07, 6.45) is -0.672. The Hall–Kier alpha value is -1.39.